The maximum absolute atomic E-state index is 12.4. The Balaban J connectivity index is 2.07. The van der Waals surface area contributed by atoms with E-state index in [0.717, 1.165) is 19.5 Å². The van der Waals surface area contributed by atoms with Crippen molar-refractivity contribution in [2.75, 3.05) is 33.9 Å². The molecule has 1 saturated heterocycles. The highest BCUT2D eigenvalue weighted by Gasteiger charge is 2.26. The summed E-state index contributed by atoms with van der Waals surface area (Å²) in [5.74, 6) is 1.21. The van der Waals surface area contributed by atoms with Crippen molar-refractivity contribution in [2.45, 2.75) is 20.3 Å². The molecular weight excluding hydrogens is 310 g/mol. The predicted molar refractivity (Wildman–Crippen MR) is 89.4 cm³/mol. The summed E-state index contributed by atoms with van der Waals surface area (Å²) in [6, 6.07) is 4.80. The van der Waals surface area contributed by atoms with Crippen LogP contribution in [0.1, 0.15) is 30.6 Å². The molecule has 6 heteroatoms. The molecule has 1 aromatic carbocycles. The number of carbonyl (C=O) groups excluding carboxylic acids is 2. The third kappa shape index (κ3) is 4.40. The monoisotopic (exact) mass is 335 g/mol. The molecule has 1 aliphatic heterocycles. The van der Waals surface area contributed by atoms with E-state index in [4.69, 9.17) is 14.2 Å². The lowest BCUT2D eigenvalue weighted by atomic mass is 9.92. The van der Waals surface area contributed by atoms with Crippen LogP contribution in [0, 0.1) is 11.8 Å². The molecule has 2 rings (SSSR count). The van der Waals surface area contributed by atoms with Crippen molar-refractivity contribution in [1.29, 1.82) is 0 Å². The topological polar surface area (TPSA) is 65.1 Å². The molecule has 0 N–H and O–H groups in total. The second-order valence-corrected chi connectivity index (χ2v) is 6.39. The number of ether oxygens (including phenoxy) is 3. The lowest BCUT2D eigenvalue weighted by Crippen LogP contribution is -2.44. The molecule has 1 heterocycles. The number of likely N-dealkylation sites (tertiary alicyclic amines) is 1. The van der Waals surface area contributed by atoms with Crippen molar-refractivity contribution < 1.29 is 23.8 Å². The van der Waals surface area contributed by atoms with Gasteiger partial charge < -0.3 is 19.1 Å². The van der Waals surface area contributed by atoms with E-state index in [-0.39, 0.29) is 23.8 Å². The molecule has 0 radical (unpaired) electrons. The number of benzene rings is 1. The Hall–Kier alpha value is -2.24. The normalized spacial score (nSPS) is 20.4. The van der Waals surface area contributed by atoms with Gasteiger partial charge in [0.05, 0.1) is 14.2 Å². The van der Waals surface area contributed by atoms with Crippen molar-refractivity contribution >= 4 is 11.9 Å². The number of amides is 1. The van der Waals surface area contributed by atoms with Gasteiger partial charge in [0.15, 0.2) is 6.61 Å². The van der Waals surface area contributed by atoms with Gasteiger partial charge in [0.1, 0.15) is 17.1 Å². The van der Waals surface area contributed by atoms with Gasteiger partial charge in [-0.25, -0.2) is 4.79 Å². The Kier molecular flexibility index (Phi) is 6.06. The Morgan fingerprint density at radius 1 is 1.17 bits per heavy atom. The van der Waals surface area contributed by atoms with E-state index < -0.39 is 5.97 Å². The third-order valence-corrected chi connectivity index (χ3v) is 4.17. The first-order chi connectivity index (χ1) is 11.4. The lowest BCUT2D eigenvalue weighted by Gasteiger charge is -2.34. The van der Waals surface area contributed by atoms with Crippen molar-refractivity contribution in [3.8, 4) is 11.5 Å². The molecule has 1 fully saturated rings. The second-order valence-electron chi connectivity index (χ2n) is 6.39. The van der Waals surface area contributed by atoms with Crippen LogP contribution < -0.4 is 9.47 Å². The van der Waals surface area contributed by atoms with E-state index in [2.05, 4.69) is 13.8 Å². The van der Waals surface area contributed by atoms with Crippen molar-refractivity contribution in [1.82, 2.24) is 4.90 Å². The van der Waals surface area contributed by atoms with Crippen LogP contribution in [-0.4, -0.2) is 50.7 Å². The summed E-state index contributed by atoms with van der Waals surface area (Å²) >= 11 is 0. The molecule has 24 heavy (non-hydrogen) atoms. The van der Waals surface area contributed by atoms with Gasteiger partial charge in [0, 0.05) is 19.2 Å². The number of nitrogens with zero attached hydrogens (tertiary/aromatic N) is 1. The Bertz CT molecular complexity index is 591. The molecule has 6 nitrogen and oxygen atoms in total. The highest BCUT2D eigenvalue weighted by atomic mass is 16.5. The van der Waals surface area contributed by atoms with Crippen LogP contribution in [0.2, 0.25) is 0 Å². The van der Waals surface area contributed by atoms with E-state index >= 15 is 0 Å². The Labute approximate surface area is 142 Å². The standard InChI is InChI=1S/C18H25NO5/c1-12-7-13(2)10-19(9-12)17(20)11-24-16-8-14(22-3)5-6-15(16)18(21)23-4/h5-6,8,12-13H,7,9-11H2,1-4H3/t12-,13-/m0/s1. The van der Waals surface area contributed by atoms with Crippen molar-refractivity contribution in [3.63, 3.8) is 0 Å². The van der Waals surface area contributed by atoms with E-state index in [0.29, 0.717) is 17.6 Å². The van der Waals surface area contributed by atoms with E-state index in [1.807, 2.05) is 4.90 Å². The largest absolute Gasteiger partial charge is 0.497 e. The van der Waals surface area contributed by atoms with Crippen LogP contribution in [0.3, 0.4) is 0 Å². The first-order valence-corrected chi connectivity index (χ1v) is 8.11. The molecule has 1 amide bonds. The molecular formula is C18H25NO5. The summed E-state index contributed by atoms with van der Waals surface area (Å²) in [5.41, 5.74) is 0.270. The third-order valence-electron chi connectivity index (χ3n) is 4.17. The number of carbonyl (C=O) groups is 2. The number of esters is 1. The van der Waals surface area contributed by atoms with Gasteiger partial charge in [-0.05, 0) is 30.4 Å². The van der Waals surface area contributed by atoms with E-state index in [9.17, 15) is 9.59 Å². The zero-order chi connectivity index (χ0) is 17.7. The summed E-state index contributed by atoms with van der Waals surface area (Å²) in [4.78, 5) is 26.1. The average Bonchev–Trinajstić information content (AvgIpc) is 2.57. The number of piperidine rings is 1. The summed E-state index contributed by atoms with van der Waals surface area (Å²) in [5, 5.41) is 0. The SMILES string of the molecule is COC(=O)c1ccc(OC)cc1OCC(=O)N1C[C@@H](C)C[C@H](C)C1. The average molecular weight is 335 g/mol. The van der Waals surface area contributed by atoms with Crippen molar-refractivity contribution in [3.05, 3.63) is 23.8 Å². The quantitative estimate of drug-likeness (QED) is 0.773. The number of hydrogen-bond acceptors (Lipinski definition) is 5. The molecule has 0 aromatic heterocycles. The van der Waals surface area contributed by atoms with E-state index in [1.54, 1.807) is 18.2 Å². The first kappa shape index (κ1) is 18.1. The summed E-state index contributed by atoms with van der Waals surface area (Å²) in [7, 11) is 2.83. The molecule has 0 aliphatic carbocycles. The molecule has 0 spiro atoms. The van der Waals surface area contributed by atoms with Crippen molar-refractivity contribution in [2.24, 2.45) is 11.8 Å². The first-order valence-electron chi connectivity index (χ1n) is 8.11. The maximum atomic E-state index is 12.4. The highest BCUT2D eigenvalue weighted by molar-refractivity contribution is 5.92. The number of methoxy groups -OCH3 is 2. The summed E-state index contributed by atoms with van der Waals surface area (Å²) in [6.07, 6.45) is 1.13. The fourth-order valence-electron chi connectivity index (χ4n) is 3.12. The predicted octanol–water partition coefficient (Wildman–Crippen LogP) is 2.37. The summed E-state index contributed by atoms with van der Waals surface area (Å²) < 4.78 is 15.5. The summed E-state index contributed by atoms with van der Waals surface area (Å²) in [6.45, 7) is 5.67. The van der Waals surface area contributed by atoms with Crippen LogP contribution in [0.25, 0.3) is 0 Å². The zero-order valence-electron chi connectivity index (χ0n) is 14.7. The molecule has 1 aromatic rings. The number of rotatable bonds is 5. The van der Waals surface area contributed by atoms with Gasteiger partial charge in [-0.1, -0.05) is 13.8 Å². The zero-order valence-corrected chi connectivity index (χ0v) is 14.7. The maximum Gasteiger partial charge on any atom is 0.341 e. The molecule has 0 bridgehead atoms. The van der Waals surface area contributed by atoms with Crippen LogP contribution >= 0.6 is 0 Å². The van der Waals surface area contributed by atoms with Crippen LogP contribution in [0.5, 0.6) is 11.5 Å². The lowest BCUT2D eigenvalue weighted by molar-refractivity contribution is -0.136. The van der Waals surface area contributed by atoms with Gasteiger partial charge in [0.2, 0.25) is 0 Å². The molecule has 2 atom stereocenters. The molecule has 0 saturated carbocycles. The van der Waals surface area contributed by atoms with Gasteiger partial charge in [-0.3, -0.25) is 4.79 Å². The minimum atomic E-state index is -0.514. The fraction of sp³-hybridized carbons (Fsp3) is 0.556. The smallest absolute Gasteiger partial charge is 0.341 e. The highest BCUT2D eigenvalue weighted by Crippen LogP contribution is 2.26. The second kappa shape index (κ2) is 8.04. The minimum absolute atomic E-state index is 0.0768. The van der Waals surface area contributed by atoms with Gasteiger partial charge in [0.25, 0.3) is 5.91 Å². The van der Waals surface area contributed by atoms with Gasteiger partial charge >= 0.3 is 5.97 Å². The van der Waals surface area contributed by atoms with Crippen LogP contribution in [0.15, 0.2) is 18.2 Å². The van der Waals surface area contributed by atoms with E-state index in [1.165, 1.54) is 14.2 Å². The molecule has 1 aliphatic rings. The fourth-order valence-corrected chi connectivity index (χ4v) is 3.12. The Morgan fingerprint density at radius 3 is 2.42 bits per heavy atom. The van der Waals surface area contributed by atoms with Crippen LogP contribution in [-0.2, 0) is 9.53 Å². The number of hydrogen-bond donors (Lipinski definition) is 0. The molecule has 0 unspecified atom stereocenters. The molecule has 132 valence electrons. The minimum Gasteiger partial charge on any atom is -0.497 e. The van der Waals surface area contributed by atoms with Gasteiger partial charge in [-0.15, -0.1) is 0 Å². The van der Waals surface area contributed by atoms with Crippen LogP contribution in [0.4, 0.5) is 0 Å². The Morgan fingerprint density at radius 2 is 1.83 bits per heavy atom. The van der Waals surface area contributed by atoms with Gasteiger partial charge in [-0.2, -0.15) is 0 Å².